The first kappa shape index (κ1) is 23.9. The summed E-state index contributed by atoms with van der Waals surface area (Å²) in [4.78, 5) is 15.7. The summed E-state index contributed by atoms with van der Waals surface area (Å²) in [5.74, 6) is 5.39. The van der Waals surface area contributed by atoms with Gasteiger partial charge < -0.3 is 5.11 Å². The van der Waals surface area contributed by atoms with E-state index < -0.39 is 10.0 Å². The Labute approximate surface area is 205 Å². The predicted molar refractivity (Wildman–Crippen MR) is 131 cm³/mol. The number of piperazine rings is 1. The molecule has 0 bridgehead atoms. The average molecular weight is 493 g/mol. The molecular formula is C27H44N2O4S. The van der Waals surface area contributed by atoms with Crippen LogP contribution in [0.2, 0.25) is 0 Å². The van der Waals surface area contributed by atoms with E-state index in [4.69, 9.17) is 0 Å². The number of carbonyl (C=O) groups is 1. The van der Waals surface area contributed by atoms with Crippen molar-refractivity contribution in [1.29, 1.82) is 0 Å². The summed E-state index contributed by atoms with van der Waals surface area (Å²) in [5.41, 5.74) is -0.199. The van der Waals surface area contributed by atoms with Crippen molar-refractivity contribution in [3.8, 4) is 0 Å². The van der Waals surface area contributed by atoms with Crippen LogP contribution in [-0.2, 0) is 14.8 Å². The number of hydrogen-bond donors (Lipinski definition) is 1. The van der Waals surface area contributed by atoms with Gasteiger partial charge in [-0.3, -0.25) is 9.69 Å². The number of nitrogens with zero attached hydrogens (tertiary/aromatic N) is 2. The molecule has 1 N–H and O–H groups in total. The summed E-state index contributed by atoms with van der Waals surface area (Å²) in [7, 11) is -3.14. The third-order valence-electron chi connectivity index (χ3n) is 12.0. The van der Waals surface area contributed by atoms with Crippen molar-refractivity contribution in [3.63, 3.8) is 0 Å². The largest absolute Gasteiger partial charge is 0.389 e. The van der Waals surface area contributed by atoms with Crippen LogP contribution in [0.25, 0.3) is 0 Å². The highest BCUT2D eigenvalue weighted by atomic mass is 32.2. The molecule has 6 aliphatic rings. The first-order valence-electron chi connectivity index (χ1n) is 13.9. The Morgan fingerprint density at radius 1 is 0.941 bits per heavy atom. The maximum Gasteiger partial charge on any atom is 0.211 e. The fourth-order valence-corrected chi connectivity index (χ4v) is 10.9. The molecule has 0 aromatic heterocycles. The average Bonchev–Trinajstić information content (AvgIpc) is 3.36. The molecule has 10 atom stereocenters. The zero-order chi connectivity index (χ0) is 24.0. The van der Waals surface area contributed by atoms with Gasteiger partial charge in [0.2, 0.25) is 10.0 Å². The van der Waals surface area contributed by atoms with Crippen LogP contribution in [0.15, 0.2) is 0 Å². The number of aliphatic hydroxyl groups is 1. The van der Waals surface area contributed by atoms with Crippen molar-refractivity contribution in [2.24, 2.45) is 52.8 Å². The Kier molecular flexibility index (Phi) is 5.62. The molecule has 0 spiro atoms. The molecule has 6 nitrogen and oxygen atoms in total. The zero-order valence-electron chi connectivity index (χ0n) is 21.3. The third-order valence-corrected chi connectivity index (χ3v) is 13.3. The lowest BCUT2D eigenvalue weighted by atomic mass is 9.49. The van der Waals surface area contributed by atoms with Gasteiger partial charge in [0.25, 0.3) is 0 Å². The van der Waals surface area contributed by atoms with Crippen molar-refractivity contribution >= 4 is 15.8 Å². The summed E-state index contributed by atoms with van der Waals surface area (Å²) in [5, 5.41) is 11.0. The Morgan fingerprint density at radius 2 is 1.62 bits per heavy atom. The van der Waals surface area contributed by atoms with E-state index in [1.807, 2.05) is 0 Å². The molecule has 1 saturated heterocycles. The molecule has 6 fully saturated rings. The van der Waals surface area contributed by atoms with E-state index in [2.05, 4.69) is 18.7 Å². The van der Waals surface area contributed by atoms with E-state index in [0.717, 1.165) is 36.5 Å². The van der Waals surface area contributed by atoms with Crippen LogP contribution in [0, 0.1) is 52.8 Å². The molecule has 1 heterocycles. The van der Waals surface area contributed by atoms with Crippen LogP contribution in [-0.4, -0.2) is 73.1 Å². The van der Waals surface area contributed by atoms with Crippen LogP contribution >= 0.6 is 0 Å². The summed E-state index contributed by atoms with van der Waals surface area (Å²) in [6.45, 7) is 7.51. The second-order valence-corrected chi connectivity index (χ2v) is 15.3. The smallest absolute Gasteiger partial charge is 0.211 e. The monoisotopic (exact) mass is 492 g/mol. The maximum absolute atomic E-state index is 13.6. The molecule has 7 heteroatoms. The van der Waals surface area contributed by atoms with Crippen LogP contribution in [0.5, 0.6) is 0 Å². The summed E-state index contributed by atoms with van der Waals surface area (Å²) in [6.07, 6.45) is 10.8. The molecular weight excluding hydrogens is 448 g/mol. The quantitative estimate of drug-likeness (QED) is 0.653. The Balaban J connectivity index is 1.11. The fourth-order valence-electron chi connectivity index (χ4n) is 10.1. The van der Waals surface area contributed by atoms with E-state index in [0.29, 0.717) is 56.3 Å². The highest BCUT2D eigenvalue weighted by Gasteiger charge is 2.67. The highest BCUT2D eigenvalue weighted by Crippen LogP contribution is 2.69. The van der Waals surface area contributed by atoms with Gasteiger partial charge >= 0.3 is 0 Å². The second-order valence-electron chi connectivity index (χ2n) is 13.4. The number of ketones is 1. The molecule has 6 rings (SSSR count). The van der Waals surface area contributed by atoms with Crippen LogP contribution in [0.4, 0.5) is 0 Å². The minimum Gasteiger partial charge on any atom is -0.389 e. The molecule has 0 aromatic rings. The first-order valence-corrected chi connectivity index (χ1v) is 15.8. The fraction of sp³-hybridized carbons (Fsp3) is 0.963. The standard InChI is InChI=1S/C27H44N2O4S/c1-17-14-21-18-8-9-26(2)22(19(18)4-5-20(21)24-15-27(17,24)31)6-7-23(26)25(30)16-28-10-12-29(13-11-28)34(3,32)33/h17-24,31H,4-16H2,1-3H3/t17-,18+,19-,20-,21-,22+,23-,24?,26+,27-/m1/s1. The molecule has 1 unspecified atom stereocenters. The SMILES string of the molecule is C[C@@H]1C[C@@H]2[C@H]3CC[C@]4(C)[C@@H](C(=O)CN5CCN(S(C)(=O)=O)CC5)CC[C@H]4[C@@H]3CC[C@H]2C2C[C@]21O. The van der Waals surface area contributed by atoms with Crippen molar-refractivity contribution in [1.82, 2.24) is 9.21 Å². The van der Waals surface area contributed by atoms with Crippen molar-refractivity contribution in [2.45, 2.75) is 70.8 Å². The van der Waals surface area contributed by atoms with Gasteiger partial charge in [0.05, 0.1) is 18.4 Å². The first-order chi connectivity index (χ1) is 16.0. The van der Waals surface area contributed by atoms with Gasteiger partial charge in [0, 0.05) is 32.1 Å². The molecule has 0 amide bonds. The van der Waals surface area contributed by atoms with E-state index in [-0.39, 0.29) is 16.9 Å². The van der Waals surface area contributed by atoms with Gasteiger partial charge in [-0.1, -0.05) is 13.8 Å². The van der Waals surface area contributed by atoms with Gasteiger partial charge in [-0.05, 0) is 98.2 Å². The number of fused-ring (bicyclic) bond motifs is 7. The minimum atomic E-state index is -3.14. The number of sulfonamides is 1. The Bertz CT molecular complexity index is 946. The van der Waals surface area contributed by atoms with Gasteiger partial charge in [0.15, 0.2) is 0 Å². The minimum absolute atomic E-state index is 0.139. The summed E-state index contributed by atoms with van der Waals surface area (Å²) >= 11 is 0. The van der Waals surface area contributed by atoms with Gasteiger partial charge in [-0.25, -0.2) is 8.42 Å². The molecule has 0 aromatic carbocycles. The van der Waals surface area contributed by atoms with E-state index in [1.165, 1.54) is 49.1 Å². The Morgan fingerprint density at radius 3 is 2.29 bits per heavy atom. The highest BCUT2D eigenvalue weighted by molar-refractivity contribution is 7.88. The number of rotatable bonds is 4. The number of hydrogen-bond acceptors (Lipinski definition) is 5. The topological polar surface area (TPSA) is 77.9 Å². The Hall–Kier alpha value is -0.500. The number of carbonyl (C=O) groups excluding carboxylic acids is 1. The lowest BCUT2D eigenvalue weighted by Gasteiger charge is -2.56. The lowest BCUT2D eigenvalue weighted by Crippen LogP contribution is -2.53. The third kappa shape index (κ3) is 3.58. The second kappa shape index (κ2) is 8.00. The van der Waals surface area contributed by atoms with Crippen LogP contribution < -0.4 is 0 Å². The van der Waals surface area contributed by atoms with Gasteiger partial charge in [-0.15, -0.1) is 0 Å². The van der Waals surface area contributed by atoms with E-state index in [1.54, 1.807) is 0 Å². The molecule has 192 valence electrons. The lowest BCUT2D eigenvalue weighted by molar-refractivity contribution is -0.133. The zero-order valence-corrected chi connectivity index (χ0v) is 22.1. The molecule has 5 saturated carbocycles. The van der Waals surface area contributed by atoms with E-state index >= 15 is 0 Å². The molecule has 0 radical (unpaired) electrons. The predicted octanol–water partition coefficient (Wildman–Crippen LogP) is 3.01. The molecule has 5 aliphatic carbocycles. The van der Waals surface area contributed by atoms with Crippen molar-refractivity contribution in [2.75, 3.05) is 39.0 Å². The number of Topliss-reactive ketones (excluding diaryl/α,β-unsaturated/α-hetero) is 1. The van der Waals surface area contributed by atoms with Gasteiger partial charge in [-0.2, -0.15) is 4.31 Å². The normalized spacial score (nSPS) is 51.2. The van der Waals surface area contributed by atoms with Crippen molar-refractivity contribution < 1.29 is 18.3 Å². The maximum atomic E-state index is 13.6. The van der Waals surface area contributed by atoms with Crippen LogP contribution in [0.1, 0.15) is 65.2 Å². The molecule has 34 heavy (non-hydrogen) atoms. The van der Waals surface area contributed by atoms with Crippen molar-refractivity contribution in [3.05, 3.63) is 0 Å². The van der Waals surface area contributed by atoms with Crippen LogP contribution in [0.3, 0.4) is 0 Å². The summed E-state index contributed by atoms with van der Waals surface area (Å²) in [6, 6.07) is 0. The summed E-state index contributed by atoms with van der Waals surface area (Å²) < 4.78 is 25.2. The van der Waals surface area contributed by atoms with Gasteiger partial charge in [0.1, 0.15) is 5.78 Å². The molecule has 1 aliphatic heterocycles. The van der Waals surface area contributed by atoms with E-state index in [9.17, 15) is 18.3 Å².